The molecule has 0 saturated carbocycles. The first-order chi connectivity index (χ1) is 15.8. The second-order valence-corrected chi connectivity index (χ2v) is 7.85. The summed E-state index contributed by atoms with van der Waals surface area (Å²) in [6.45, 7) is -1.75. The van der Waals surface area contributed by atoms with Crippen LogP contribution in [0.25, 0.3) is 10.9 Å². The highest BCUT2D eigenvalue weighted by molar-refractivity contribution is 6.36. The Hall–Kier alpha value is -2.47. The van der Waals surface area contributed by atoms with Crippen molar-refractivity contribution >= 4 is 45.6 Å². The van der Waals surface area contributed by atoms with E-state index in [1.54, 1.807) is 24.3 Å². The summed E-state index contributed by atoms with van der Waals surface area (Å²) in [6, 6.07) is 7.98. The fourth-order valence-corrected chi connectivity index (χ4v) is 3.51. The van der Waals surface area contributed by atoms with E-state index in [1.807, 2.05) is 0 Å². The van der Waals surface area contributed by atoms with Crippen LogP contribution in [-0.2, 0) is 0 Å². The lowest BCUT2D eigenvalue weighted by molar-refractivity contribution is -0.0981. The molecular weight excluding hydrogens is 480 g/mol. The van der Waals surface area contributed by atoms with E-state index >= 15 is 0 Å². The quantitative estimate of drug-likeness (QED) is 0.283. The number of aliphatic hydroxyl groups excluding tert-OH is 4. The summed E-state index contributed by atoms with van der Waals surface area (Å²) in [4.78, 5) is 8.44. The molecule has 4 atom stereocenters. The Bertz CT molecular complexity index is 1110. The van der Waals surface area contributed by atoms with Gasteiger partial charge in [0.1, 0.15) is 24.4 Å². The molecule has 2 aromatic carbocycles. The van der Waals surface area contributed by atoms with Crippen molar-refractivity contribution in [2.45, 2.75) is 24.5 Å². The average Bonchev–Trinajstić information content (AvgIpc) is 2.82. The first-order valence-electron chi connectivity index (χ1n) is 9.72. The molecule has 12 heteroatoms. The molecule has 1 heterocycles. The Kier molecular flexibility index (Phi) is 8.46. The lowest BCUT2D eigenvalue weighted by Gasteiger charge is -2.28. The third-order valence-electron chi connectivity index (χ3n) is 4.84. The molecule has 3 aromatic rings. The molecule has 0 aliphatic carbocycles. The average molecular weight is 502 g/mol. The molecule has 3 rings (SSSR count). The largest absolute Gasteiger partial charge is 0.493 e. The number of halogens is 3. The van der Waals surface area contributed by atoms with Gasteiger partial charge >= 0.3 is 0 Å². The van der Waals surface area contributed by atoms with Crippen LogP contribution in [0.5, 0.6) is 11.5 Å². The summed E-state index contributed by atoms with van der Waals surface area (Å²) in [5.41, 5.74) is 0.973. The van der Waals surface area contributed by atoms with Crippen molar-refractivity contribution in [3.63, 3.8) is 0 Å². The number of nitrogens with one attached hydrogen (secondary N) is 1. The van der Waals surface area contributed by atoms with Gasteiger partial charge in [-0.05, 0) is 24.3 Å². The molecule has 5 N–H and O–H groups in total. The zero-order chi connectivity index (χ0) is 24.1. The van der Waals surface area contributed by atoms with Crippen LogP contribution in [0.15, 0.2) is 36.7 Å². The number of fused-ring (bicyclic) bond motifs is 1. The number of rotatable bonds is 10. The Morgan fingerprint density at radius 2 is 1.79 bits per heavy atom. The number of aromatic nitrogens is 2. The van der Waals surface area contributed by atoms with E-state index in [0.717, 1.165) is 0 Å². The molecule has 0 fully saturated rings. The Morgan fingerprint density at radius 3 is 2.42 bits per heavy atom. The van der Waals surface area contributed by atoms with Crippen LogP contribution in [0.3, 0.4) is 0 Å². The minimum absolute atomic E-state index is 0.0730. The number of alkyl halides is 1. The molecule has 0 bridgehead atoms. The predicted molar refractivity (Wildman–Crippen MR) is 121 cm³/mol. The van der Waals surface area contributed by atoms with Crippen molar-refractivity contribution in [2.24, 2.45) is 0 Å². The number of ether oxygens (including phenoxy) is 2. The van der Waals surface area contributed by atoms with E-state index in [-0.39, 0.29) is 11.5 Å². The molecule has 1 aromatic heterocycles. The number of nitrogens with zero attached hydrogens (tertiary/aromatic N) is 2. The van der Waals surface area contributed by atoms with Crippen LogP contribution in [0.4, 0.5) is 15.9 Å². The normalized spacial score (nSPS) is 15.0. The number of benzene rings is 2. The second kappa shape index (κ2) is 11.1. The lowest BCUT2D eigenvalue weighted by Crippen LogP contribution is -2.48. The Morgan fingerprint density at radius 1 is 1.03 bits per heavy atom. The smallest absolute Gasteiger partial charge is 0.164 e. The number of hydrogen-bond acceptors (Lipinski definition) is 9. The van der Waals surface area contributed by atoms with Crippen LogP contribution >= 0.6 is 23.2 Å². The van der Waals surface area contributed by atoms with Gasteiger partial charge in [-0.25, -0.2) is 14.4 Å². The zero-order valence-electron chi connectivity index (χ0n) is 17.3. The van der Waals surface area contributed by atoms with Crippen LogP contribution in [0.2, 0.25) is 10.0 Å². The second-order valence-electron chi connectivity index (χ2n) is 7.01. The standard InChI is InChI=1S/C21H22Cl2FN3O6/c1-32-16-5-11-15(6-17(16)33-18(8-29)20(31)19(30)13(24)7-28)25-9-26-21(11)27-14-3-2-10(22)4-12(14)23/h2-6,9,13,18-20,28-31H,7-8H2,1H3,(H,25,26,27)/t13-,18-,19+,20+/m1/s1. The molecular formula is C21H22Cl2FN3O6. The topological polar surface area (TPSA) is 137 Å². The molecule has 0 saturated heterocycles. The van der Waals surface area contributed by atoms with Crippen LogP contribution in [-0.4, -0.2) is 75.2 Å². The van der Waals surface area contributed by atoms with Gasteiger partial charge in [-0.15, -0.1) is 0 Å². The molecule has 33 heavy (non-hydrogen) atoms. The number of methoxy groups -OCH3 is 1. The third kappa shape index (κ3) is 5.72. The van der Waals surface area contributed by atoms with E-state index in [9.17, 15) is 19.7 Å². The van der Waals surface area contributed by atoms with Crippen molar-refractivity contribution in [2.75, 3.05) is 25.6 Å². The fourth-order valence-electron chi connectivity index (χ4n) is 3.05. The highest BCUT2D eigenvalue weighted by Crippen LogP contribution is 2.36. The molecule has 0 radical (unpaired) electrons. The maximum absolute atomic E-state index is 13.6. The fraction of sp³-hybridized carbons (Fsp3) is 0.333. The monoisotopic (exact) mass is 501 g/mol. The van der Waals surface area contributed by atoms with E-state index in [2.05, 4.69) is 15.3 Å². The highest BCUT2D eigenvalue weighted by atomic mass is 35.5. The molecule has 178 valence electrons. The first-order valence-corrected chi connectivity index (χ1v) is 10.5. The van der Waals surface area contributed by atoms with Crippen LogP contribution in [0.1, 0.15) is 0 Å². The molecule has 0 unspecified atom stereocenters. The van der Waals surface area contributed by atoms with Gasteiger partial charge in [0.15, 0.2) is 23.8 Å². The summed E-state index contributed by atoms with van der Waals surface area (Å²) >= 11 is 12.2. The summed E-state index contributed by atoms with van der Waals surface area (Å²) in [7, 11) is 1.38. The van der Waals surface area contributed by atoms with Crippen molar-refractivity contribution in [1.82, 2.24) is 9.97 Å². The summed E-state index contributed by atoms with van der Waals surface area (Å²) in [5.74, 6) is 0.678. The van der Waals surface area contributed by atoms with Crippen molar-refractivity contribution in [1.29, 1.82) is 0 Å². The van der Waals surface area contributed by atoms with Crippen molar-refractivity contribution in [3.05, 3.63) is 46.7 Å². The molecule has 0 aliphatic rings. The summed E-state index contributed by atoms with van der Waals surface area (Å²) in [6.07, 6.45) is -6.02. The number of aliphatic hydroxyl groups is 4. The predicted octanol–water partition coefficient (Wildman–Crippen LogP) is 2.48. The van der Waals surface area contributed by atoms with E-state index < -0.39 is 37.7 Å². The van der Waals surface area contributed by atoms with Gasteiger partial charge < -0.3 is 35.2 Å². The zero-order valence-corrected chi connectivity index (χ0v) is 18.8. The molecule has 9 nitrogen and oxygen atoms in total. The Balaban J connectivity index is 1.94. The van der Waals surface area contributed by atoms with E-state index in [0.29, 0.717) is 32.5 Å². The summed E-state index contributed by atoms with van der Waals surface area (Å²) in [5, 5.41) is 43.0. The highest BCUT2D eigenvalue weighted by Gasteiger charge is 2.34. The number of anilines is 2. The van der Waals surface area contributed by atoms with Gasteiger partial charge in [0, 0.05) is 16.5 Å². The molecule has 0 spiro atoms. The maximum Gasteiger partial charge on any atom is 0.164 e. The molecule has 0 aliphatic heterocycles. The van der Waals surface area contributed by atoms with Crippen molar-refractivity contribution < 1.29 is 34.3 Å². The third-order valence-corrected chi connectivity index (χ3v) is 5.39. The van der Waals surface area contributed by atoms with E-state index in [4.69, 9.17) is 37.8 Å². The SMILES string of the molecule is COc1cc2c(Nc3ccc(Cl)cc3Cl)ncnc2cc1O[C@H](CO)[C@H](O)[C@@H](O)[C@H](F)CO. The van der Waals surface area contributed by atoms with E-state index in [1.165, 1.54) is 19.5 Å². The minimum atomic E-state index is -2.11. The van der Waals surface area contributed by atoms with Gasteiger partial charge in [0.05, 0.1) is 36.6 Å². The van der Waals surface area contributed by atoms with Gasteiger partial charge in [-0.1, -0.05) is 23.2 Å². The minimum Gasteiger partial charge on any atom is -0.493 e. The van der Waals surface area contributed by atoms with Crippen LogP contribution < -0.4 is 14.8 Å². The van der Waals surface area contributed by atoms with Gasteiger partial charge in [-0.3, -0.25) is 0 Å². The first kappa shape index (κ1) is 25.2. The van der Waals surface area contributed by atoms with Gasteiger partial charge in [0.2, 0.25) is 0 Å². The van der Waals surface area contributed by atoms with Gasteiger partial charge in [-0.2, -0.15) is 0 Å². The van der Waals surface area contributed by atoms with Gasteiger partial charge in [0.25, 0.3) is 0 Å². The Labute approximate surface area is 198 Å². The summed E-state index contributed by atoms with van der Waals surface area (Å²) < 4.78 is 24.5. The lowest BCUT2D eigenvalue weighted by atomic mass is 10.0. The number of hydrogen-bond donors (Lipinski definition) is 5. The molecule has 0 amide bonds. The van der Waals surface area contributed by atoms with Crippen LogP contribution in [0, 0.1) is 0 Å². The van der Waals surface area contributed by atoms with Crippen molar-refractivity contribution in [3.8, 4) is 11.5 Å². The maximum atomic E-state index is 13.6.